The number of urea groups is 1. The summed E-state index contributed by atoms with van der Waals surface area (Å²) in [6, 6.07) is -0.241. The highest BCUT2D eigenvalue weighted by Gasteiger charge is 2.62. The molecule has 2 amide bonds. The predicted molar refractivity (Wildman–Crippen MR) is 48.9 cm³/mol. The largest absolute Gasteiger partial charge is 0.479 e. The highest BCUT2D eigenvalue weighted by molar-refractivity contribution is 5.88. The fourth-order valence-electron chi connectivity index (χ4n) is 2.49. The Kier molecular flexibility index (Phi) is 1.90. The van der Waals surface area contributed by atoms with Crippen LogP contribution in [0, 0.1) is 5.92 Å². The fraction of sp³-hybridized carbons (Fsp3) is 0.778. The molecule has 0 atom stereocenters. The molecule has 14 heavy (non-hydrogen) atoms. The molecular formula is C9H14N2O3. The SMILES string of the molecule is CCNC(=O)N1CC2CC1(C(=O)O)C2. The van der Waals surface area contributed by atoms with Gasteiger partial charge in [0.15, 0.2) is 0 Å². The van der Waals surface area contributed by atoms with E-state index in [9.17, 15) is 9.59 Å². The number of carbonyl (C=O) groups is 2. The molecule has 3 rings (SSSR count). The summed E-state index contributed by atoms with van der Waals surface area (Å²) in [7, 11) is 0. The molecule has 3 fully saturated rings. The van der Waals surface area contributed by atoms with Crippen LogP contribution in [0.2, 0.25) is 0 Å². The molecule has 0 aromatic rings. The topological polar surface area (TPSA) is 69.6 Å². The van der Waals surface area contributed by atoms with Crippen LogP contribution in [-0.4, -0.2) is 40.6 Å². The van der Waals surface area contributed by atoms with Gasteiger partial charge in [-0.3, -0.25) is 0 Å². The number of rotatable bonds is 2. The second kappa shape index (κ2) is 2.87. The summed E-state index contributed by atoms with van der Waals surface area (Å²) >= 11 is 0. The van der Waals surface area contributed by atoms with Crippen LogP contribution in [0.25, 0.3) is 0 Å². The predicted octanol–water partition coefficient (Wildman–Crippen LogP) is 0.265. The van der Waals surface area contributed by atoms with Crippen LogP contribution in [0.1, 0.15) is 19.8 Å². The minimum Gasteiger partial charge on any atom is -0.479 e. The minimum atomic E-state index is -0.885. The molecule has 0 radical (unpaired) electrons. The molecule has 2 aliphatic heterocycles. The average molecular weight is 198 g/mol. The third-order valence-corrected chi connectivity index (χ3v) is 3.18. The number of nitrogens with zero attached hydrogens (tertiary/aromatic N) is 1. The Balaban J connectivity index is 2.13. The molecule has 78 valence electrons. The van der Waals surface area contributed by atoms with E-state index in [0.717, 1.165) is 0 Å². The third-order valence-electron chi connectivity index (χ3n) is 3.18. The number of carboxylic acids is 1. The average Bonchev–Trinajstić information content (AvgIpc) is 2.56. The second-order valence-corrected chi connectivity index (χ2v) is 4.06. The van der Waals surface area contributed by atoms with Crippen molar-refractivity contribution in [2.75, 3.05) is 13.1 Å². The van der Waals surface area contributed by atoms with Crippen LogP contribution in [-0.2, 0) is 4.79 Å². The lowest BCUT2D eigenvalue weighted by atomic mass is 9.73. The van der Waals surface area contributed by atoms with E-state index in [4.69, 9.17) is 5.11 Å². The molecule has 5 nitrogen and oxygen atoms in total. The summed E-state index contributed by atoms with van der Waals surface area (Å²) in [5.41, 5.74) is -0.885. The zero-order chi connectivity index (χ0) is 10.3. The van der Waals surface area contributed by atoms with Crippen LogP contribution >= 0.6 is 0 Å². The Bertz CT molecular complexity index is 284. The number of amides is 2. The molecule has 0 aromatic heterocycles. The first kappa shape index (κ1) is 9.30. The van der Waals surface area contributed by atoms with Crippen LogP contribution in [0.15, 0.2) is 0 Å². The standard InChI is InChI=1S/C9H14N2O3/c1-2-10-8(14)11-5-6-3-9(11,4-6)7(12)13/h6H,2-5H2,1H3,(H,10,14)(H,12,13). The Hall–Kier alpha value is -1.26. The molecule has 2 N–H and O–H groups in total. The molecule has 1 saturated carbocycles. The van der Waals surface area contributed by atoms with E-state index >= 15 is 0 Å². The van der Waals surface area contributed by atoms with Gasteiger partial charge in [0.2, 0.25) is 0 Å². The molecule has 3 aliphatic rings. The van der Waals surface area contributed by atoms with Gasteiger partial charge >= 0.3 is 12.0 Å². The van der Waals surface area contributed by atoms with E-state index in [-0.39, 0.29) is 6.03 Å². The van der Waals surface area contributed by atoms with Crippen molar-refractivity contribution in [3.05, 3.63) is 0 Å². The van der Waals surface area contributed by atoms with Crippen molar-refractivity contribution < 1.29 is 14.7 Å². The molecule has 1 aliphatic carbocycles. The van der Waals surface area contributed by atoms with Crippen LogP contribution in [0.4, 0.5) is 4.79 Å². The van der Waals surface area contributed by atoms with Crippen molar-refractivity contribution in [3.63, 3.8) is 0 Å². The monoisotopic (exact) mass is 198 g/mol. The van der Waals surface area contributed by atoms with Gasteiger partial charge in [0.1, 0.15) is 5.54 Å². The smallest absolute Gasteiger partial charge is 0.329 e. The number of fused-ring (bicyclic) bond motifs is 1. The maximum absolute atomic E-state index is 11.5. The summed E-state index contributed by atoms with van der Waals surface area (Å²) in [6.07, 6.45) is 1.25. The van der Waals surface area contributed by atoms with Crippen molar-refractivity contribution in [2.45, 2.75) is 25.3 Å². The summed E-state index contributed by atoms with van der Waals surface area (Å²) < 4.78 is 0. The van der Waals surface area contributed by atoms with Gasteiger partial charge in [-0.1, -0.05) is 0 Å². The molecular weight excluding hydrogens is 184 g/mol. The molecule has 0 spiro atoms. The van der Waals surface area contributed by atoms with Crippen molar-refractivity contribution in [1.82, 2.24) is 10.2 Å². The van der Waals surface area contributed by atoms with E-state index in [1.807, 2.05) is 6.92 Å². The number of hydrogen-bond acceptors (Lipinski definition) is 2. The van der Waals surface area contributed by atoms with Gasteiger partial charge in [0.05, 0.1) is 0 Å². The summed E-state index contributed by atoms with van der Waals surface area (Å²) in [4.78, 5) is 24.1. The van der Waals surface area contributed by atoms with E-state index in [2.05, 4.69) is 5.32 Å². The van der Waals surface area contributed by atoms with Crippen LogP contribution < -0.4 is 5.32 Å². The van der Waals surface area contributed by atoms with Gasteiger partial charge in [0, 0.05) is 13.1 Å². The van der Waals surface area contributed by atoms with Gasteiger partial charge in [0.25, 0.3) is 0 Å². The highest BCUT2D eigenvalue weighted by Crippen LogP contribution is 2.50. The zero-order valence-corrected chi connectivity index (χ0v) is 8.12. The Morgan fingerprint density at radius 3 is 2.71 bits per heavy atom. The lowest BCUT2D eigenvalue weighted by Crippen LogP contribution is -2.56. The second-order valence-electron chi connectivity index (χ2n) is 4.06. The summed E-state index contributed by atoms with van der Waals surface area (Å²) in [6.45, 7) is 2.96. The number of hydrogen-bond donors (Lipinski definition) is 2. The number of aliphatic carboxylic acids is 1. The first-order valence-corrected chi connectivity index (χ1v) is 4.89. The van der Waals surface area contributed by atoms with Gasteiger partial charge in [-0.05, 0) is 25.7 Å². The van der Waals surface area contributed by atoms with Gasteiger partial charge in [-0.15, -0.1) is 0 Å². The van der Waals surface area contributed by atoms with Crippen molar-refractivity contribution in [1.29, 1.82) is 0 Å². The maximum atomic E-state index is 11.5. The van der Waals surface area contributed by atoms with E-state index < -0.39 is 11.5 Å². The van der Waals surface area contributed by atoms with Gasteiger partial charge in [-0.25, -0.2) is 9.59 Å². The first-order valence-electron chi connectivity index (χ1n) is 4.89. The summed E-state index contributed by atoms with van der Waals surface area (Å²) in [5, 5.41) is 11.7. The first-order chi connectivity index (χ1) is 6.60. The lowest BCUT2D eigenvalue weighted by molar-refractivity contribution is -0.151. The number of carbonyl (C=O) groups excluding carboxylic acids is 1. The Morgan fingerprint density at radius 2 is 2.21 bits per heavy atom. The van der Waals surface area contributed by atoms with Gasteiger partial charge in [-0.2, -0.15) is 0 Å². The van der Waals surface area contributed by atoms with Crippen molar-refractivity contribution in [3.8, 4) is 0 Å². The van der Waals surface area contributed by atoms with Crippen LogP contribution in [0.3, 0.4) is 0 Å². The van der Waals surface area contributed by atoms with E-state index in [0.29, 0.717) is 31.8 Å². The molecule has 0 unspecified atom stereocenters. The highest BCUT2D eigenvalue weighted by atomic mass is 16.4. The molecule has 0 aromatic carbocycles. The molecule has 2 heterocycles. The molecule has 5 heteroatoms. The zero-order valence-electron chi connectivity index (χ0n) is 8.12. The van der Waals surface area contributed by atoms with E-state index in [1.165, 1.54) is 4.90 Å². The lowest BCUT2D eigenvalue weighted by Gasteiger charge is -2.37. The van der Waals surface area contributed by atoms with Gasteiger partial charge < -0.3 is 15.3 Å². The molecule has 2 saturated heterocycles. The third kappa shape index (κ3) is 1.01. The number of carboxylic acid groups (broad SMARTS) is 1. The quantitative estimate of drug-likeness (QED) is 0.669. The van der Waals surface area contributed by atoms with E-state index in [1.54, 1.807) is 0 Å². The number of nitrogens with one attached hydrogen (secondary N) is 1. The van der Waals surface area contributed by atoms with Crippen molar-refractivity contribution in [2.24, 2.45) is 5.92 Å². The summed E-state index contributed by atoms with van der Waals surface area (Å²) in [5.74, 6) is -0.466. The molecule has 2 bridgehead atoms. The van der Waals surface area contributed by atoms with Crippen LogP contribution in [0.5, 0.6) is 0 Å². The maximum Gasteiger partial charge on any atom is 0.329 e. The Labute approximate surface area is 82.1 Å². The normalized spacial score (nSPS) is 33.8. The fourth-order valence-corrected chi connectivity index (χ4v) is 2.49. The minimum absolute atomic E-state index is 0.241. The Morgan fingerprint density at radius 1 is 1.57 bits per heavy atom. The van der Waals surface area contributed by atoms with Crippen molar-refractivity contribution >= 4 is 12.0 Å².